The van der Waals surface area contributed by atoms with Crippen LogP contribution in [-0.2, 0) is 14.6 Å². The third kappa shape index (κ3) is 5.15. The number of hydrogen-bond donors (Lipinski definition) is 2. The summed E-state index contributed by atoms with van der Waals surface area (Å²) in [7, 11) is -1.52. The number of anilines is 1. The van der Waals surface area contributed by atoms with Crippen LogP contribution < -0.4 is 15.4 Å². The molecule has 1 saturated carbocycles. The first-order valence-electron chi connectivity index (χ1n) is 9.58. The summed E-state index contributed by atoms with van der Waals surface area (Å²) in [6.07, 6.45) is 4.34. The van der Waals surface area contributed by atoms with Gasteiger partial charge in [0.05, 0.1) is 25.2 Å². The highest BCUT2D eigenvalue weighted by Gasteiger charge is 2.38. The predicted octanol–water partition coefficient (Wildman–Crippen LogP) is 1.77. The standard InChI is InChI=1S/C19H27N3O5S/c1-27-17-8-6-14(7-9-17)21-19(24)20-12-18(23)22(15-4-2-3-5-15)16-10-11-28(25,26)13-16/h6-9,15-16H,2-5,10-13H2,1H3,(H2,20,21,24). The average Bonchev–Trinajstić information content (AvgIpc) is 3.31. The molecule has 2 aliphatic rings. The highest BCUT2D eigenvalue weighted by atomic mass is 32.2. The molecule has 1 aliphatic carbocycles. The van der Waals surface area contributed by atoms with Gasteiger partial charge < -0.3 is 20.3 Å². The lowest BCUT2D eigenvalue weighted by Gasteiger charge is -2.34. The van der Waals surface area contributed by atoms with Gasteiger partial charge in [-0.3, -0.25) is 4.79 Å². The van der Waals surface area contributed by atoms with Gasteiger partial charge in [-0.25, -0.2) is 13.2 Å². The zero-order valence-corrected chi connectivity index (χ0v) is 16.8. The van der Waals surface area contributed by atoms with E-state index in [2.05, 4.69) is 10.6 Å². The molecule has 1 saturated heterocycles. The molecule has 1 aliphatic heterocycles. The molecule has 3 amide bonds. The first kappa shape index (κ1) is 20.4. The van der Waals surface area contributed by atoms with Crippen LogP contribution in [0.1, 0.15) is 32.1 Å². The molecule has 154 valence electrons. The number of nitrogens with zero attached hydrogens (tertiary/aromatic N) is 1. The minimum atomic E-state index is -3.09. The van der Waals surface area contributed by atoms with Crippen LogP contribution in [0.25, 0.3) is 0 Å². The second kappa shape index (κ2) is 8.81. The number of carbonyl (C=O) groups is 2. The molecule has 0 aromatic heterocycles. The fraction of sp³-hybridized carbons (Fsp3) is 0.579. The lowest BCUT2D eigenvalue weighted by atomic mass is 10.1. The summed E-state index contributed by atoms with van der Waals surface area (Å²) in [4.78, 5) is 26.7. The van der Waals surface area contributed by atoms with Crippen molar-refractivity contribution < 1.29 is 22.7 Å². The minimum Gasteiger partial charge on any atom is -0.497 e. The fourth-order valence-corrected chi connectivity index (χ4v) is 5.69. The zero-order valence-electron chi connectivity index (χ0n) is 16.0. The quantitative estimate of drug-likeness (QED) is 0.745. The van der Waals surface area contributed by atoms with Crippen molar-refractivity contribution in [1.29, 1.82) is 0 Å². The number of urea groups is 1. The van der Waals surface area contributed by atoms with Gasteiger partial charge in [0.25, 0.3) is 0 Å². The van der Waals surface area contributed by atoms with E-state index in [4.69, 9.17) is 4.74 Å². The number of rotatable bonds is 6. The molecule has 3 rings (SSSR count). The number of benzene rings is 1. The van der Waals surface area contributed by atoms with Crippen LogP contribution in [0.5, 0.6) is 5.75 Å². The Morgan fingerprint density at radius 3 is 2.36 bits per heavy atom. The Bertz CT molecular complexity index is 803. The molecule has 0 spiro atoms. The Balaban J connectivity index is 1.57. The van der Waals surface area contributed by atoms with Crippen molar-refractivity contribution in [2.75, 3.05) is 30.5 Å². The van der Waals surface area contributed by atoms with Crippen molar-refractivity contribution >= 4 is 27.5 Å². The molecule has 1 aromatic rings. The summed E-state index contributed by atoms with van der Waals surface area (Å²) in [5.41, 5.74) is 0.584. The average molecular weight is 410 g/mol. The second-order valence-electron chi connectivity index (χ2n) is 7.33. The van der Waals surface area contributed by atoms with Crippen LogP contribution >= 0.6 is 0 Å². The number of hydrogen-bond acceptors (Lipinski definition) is 5. The van der Waals surface area contributed by atoms with E-state index in [1.807, 2.05) is 0 Å². The molecule has 1 aromatic carbocycles. The molecule has 1 unspecified atom stereocenters. The molecule has 28 heavy (non-hydrogen) atoms. The van der Waals surface area contributed by atoms with Crippen LogP contribution in [0, 0.1) is 0 Å². The van der Waals surface area contributed by atoms with Crippen LogP contribution in [0.3, 0.4) is 0 Å². The molecule has 2 N–H and O–H groups in total. The van der Waals surface area contributed by atoms with Gasteiger partial charge in [-0.2, -0.15) is 0 Å². The van der Waals surface area contributed by atoms with Crippen LogP contribution in [0.15, 0.2) is 24.3 Å². The van der Waals surface area contributed by atoms with Crippen molar-refractivity contribution in [3.8, 4) is 5.75 Å². The SMILES string of the molecule is COc1ccc(NC(=O)NCC(=O)N(C2CCCC2)C2CCS(=O)(=O)C2)cc1. The monoisotopic (exact) mass is 409 g/mol. The van der Waals surface area contributed by atoms with E-state index in [0.717, 1.165) is 25.7 Å². The number of nitrogens with one attached hydrogen (secondary N) is 2. The smallest absolute Gasteiger partial charge is 0.319 e. The molecule has 0 radical (unpaired) electrons. The summed E-state index contributed by atoms with van der Waals surface area (Å²) >= 11 is 0. The molecular formula is C19H27N3O5S. The maximum Gasteiger partial charge on any atom is 0.319 e. The lowest BCUT2D eigenvalue weighted by Crippen LogP contribution is -2.51. The zero-order chi connectivity index (χ0) is 20.1. The first-order chi connectivity index (χ1) is 13.4. The number of ether oxygens (including phenoxy) is 1. The summed E-state index contributed by atoms with van der Waals surface area (Å²) in [5, 5.41) is 5.25. The van der Waals surface area contributed by atoms with Gasteiger partial charge in [-0.05, 0) is 43.5 Å². The van der Waals surface area contributed by atoms with Gasteiger partial charge >= 0.3 is 6.03 Å². The molecular weight excluding hydrogens is 382 g/mol. The van der Waals surface area contributed by atoms with E-state index in [1.54, 1.807) is 36.3 Å². The van der Waals surface area contributed by atoms with E-state index < -0.39 is 15.9 Å². The number of carbonyl (C=O) groups excluding carboxylic acids is 2. The molecule has 0 bridgehead atoms. The van der Waals surface area contributed by atoms with E-state index in [1.165, 1.54) is 0 Å². The van der Waals surface area contributed by atoms with Crippen LogP contribution in [0.2, 0.25) is 0 Å². The van der Waals surface area contributed by atoms with Crippen LogP contribution in [0.4, 0.5) is 10.5 Å². The van der Waals surface area contributed by atoms with Crippen molar-refractivity contribution in [2.24, 2.45) is 0 Å². The van der Waals surface area contributed by atoms with Gasteiger partial charge in [0.15, 0.2) is 9.84 Å². The van der Waals surface area contributed by atoms with Gasteiger partial charge in [0.2, 0.25) is 5.91 Å². The molecule has 1 heterocycles. The summed E-state index contributed by atoms with van der Waals surface area (Å²) < 4.78 is 28.8. The molecule has 2 fully saturated rings. The molecule has 8 nitrogen and oxygen atoms in total. The van der Waals surface area contributed by atoms with Gasteiger partial charge in [-0.1, -0.05) is 12.8 Å². The molecule has 9 heteroatoms. The van der Waals surface area contributed by atoms with Crippen molar-refractivity contribution in [2.45, 2.75) is 44.2 Å². The Labute approximate surface area is 165 Å². The maximum atomic E-state index is 12.8. The highest BCUT2D eigenvalue weighted by molar-refractivity contribution is 7.91. The maximum absolute atomic E-state index is 12.8. The van der Waals surface area contributed by atoms with Crippen LogP contribution in [-0.4, -0.2) is 62.5 Å². The van der Waals surface area contributed by atoms with E-state index >= 15 is 0 Å². The highest BCUT2D eigenvalue weighted by Crippen LogP contribution is 2.29. The topological polar surface area (TPSA) is 105 Å². The second-order valence-corrected chi connectivity index (χ2v) is 9.56. The number of methoxy groups -OCH3 is 1. The summed E-state index contributed by atoms with van der Waals surface area (Å²) in [5.74, 6) is 0.603. The third-order valence-corrected chi connectivity index (χ3v) is 7.11. The molecule has 1 atom stereocenters. The Hall–Kier alpha value is -2.29. The Morgan fingerprint density at radius 2 is 1.79 bits per heavy atom. The van der Waals surface area contributed by atoms with Crippen molar-refractivity contribution in [3.05, 3.63) is 24.3 Å². The minimum absolute atomic E-state index is 0.0211. The van der Waals surface area contributed by atoms with E-state index in [-0.39, 0.29) is 36.0 Å². The Morgan fingerprint density at radius 1 is 1.11 bits per heavy atom. The fourth-order valence-electron chi connectivity index (χ4n) is 3.98. The van der Waals surface area contributed by atoms with Crippen molar-refractivity contribution in [1.82, 2.24) is 10.2 Å². The largest absolute Gasteiger partial charge is 0.497 e. The lowest BCUT2D eigenvalue weighted by molar-refractivity contribution is -0.134. The third-order valence-electron chi connectivity index (χ3n) is 5.36. The summed E-state index contributed by atoms with van der Waals surface area (Å²) in [6.45, 7) is -0.158. The first-order valence-corrected chi connectivity index (χ1v) is 11.4. The number of amides is 3. The normalized spacial score (nSPS) is 21.2. The van der Waals surface area contributed by atoms with E-state index in [9.17, 15) is 18.0 Å². The van der Waals surface area contributed by atoms with Gasteiger partial charge in [0, 0.05) is 17.8 Å². The summed E-state index contributed by atoms with van der Waals surface area (Å²) in [6, 6.07) is 6.16. The van der Waals surface area contributed by atoms with Gasteiger partial charge in [0.1, 0.15) is 5.75 Å². The van der Waals surface area contributed by atoms with Crippen molar-refractivity contribution in [3.63, 3.8) is 0 Å². The predicted molar refractivity (Wildman–Crippen MR) is 106 cm³/mol. The van der Waals surface area contributed by atoms with Gasteiger partial charge in [-0.15, -0.1) is 0 Å². The van der Waals surface area contributed by atoms with E-state index in [0.29, 0.717) is 17.9 Å². The Kier molecular flexibility index (Phi) is 6.43. The number of sulfone groups is 1.